The Morgan fingerprint density at radius 2 is 2.53 bits per heavy atom. The summed E-state index contributed by atoms with van der Waals surface area (Å²) in [4.78, 5) is 11.6. The van der Waals surface area contributed by atoms with Gasteiger partial charge in [-0.2, -0.15) is 10.4 Å². The molecule has 15 heavy (non-hydrogen) atoms. The molecule has 1 aromatic heterocycles. The van der Waals surface area contributed by atoms with E-state index in [1.165, 1.54) is 6.20 Å². The summed E-state index contributed by atoms with van der Waals surface area (Å²) >= 11 is 0. The lowest BCUT2D eigenvalue weighted by Crippen LogP contribution is -2.33. The highest BCUT2D eigenvalue weighted by Gasteiger charge is 2.12. The lowest BCUT2D eigenvalue weighted by atomic mass is 10.1. The van der Waals surface area contributed by atoms with Gasteiger partial charge in [0.1, 0.15) is 0 Å². The largest absolute Gasteiger partial charge is 0.348 e. The van der Waals surface area contributed by atoms with Gasteiger partial charge in [0.15, 0.2) is 0 Å². The van der Waals surface area contributed by atoms with Crippen molar-refractivity contribution < 1.29 is 4.79 Å². The fourth-order valence-electron chi connectivity index (χ4n) is 1.21. The first kappa shape index (κ1) is 11.2. The van der Waals surface area contributed by atoms with E-state index in [4.69, 9.17) is 5.26 Å². The molecule has 0 aliphatic carbocycles. The van der Waals surface area contributed by atoms with Gasteiger partial charge in [-0.05, 0) is 6.42 Å². The third-order valence-corrected chi connectivity index (χ3v) is 2.13. The predicted molar refractivity (Wildman–Crippen MR) is 55.0 cm³/mol. The van der Waals surface area contributed by atoms with E-state index in [-0.39, 0.29) is 11.9 Å². The molecule has 0 saturated carbocycles. The summed E-state index contributed by atoms with van der Waals surface area (Å²) < 4.78 is 1.57. The van der Waals surface area contributed by atoms with E-state index < -0.39 is 0 Å². The first-order valence-corrected chi connectivity index (χ1v) is 4.83. The fraction of sp³-hybridized carbons (Fsp3) is 0.500. The van der Waals surface area contributed by atoms with Crippen molar-refractivity contribution >= 4 is 5.91 Å². The molecule has 1 heterocycles. The minimum absolute atomic E-state index is 0.0808. The lowest BCUT2D eigenvalue weighted by Gasteiger charge is -2.12. The third-order valence-electron chi connectivity index (χ3n) is 2.13. The Bertz CT molecular complexity index is 377. The second-order valence-corrected chi connectivity index (χ2v) is 3.34. The second-order valence-electron chi connectivity index (χ2n) is 3.34. The van der Waals surface area contributed by atoms with Crippen LogP contribution in [0.1, 0.15) is 30.1 Å². The maximum Gasteiger partial charge on any atom is 0.254 e. The van der Waals surface area contributed by atoms with Gasteiger partial charge in [0.2, 0.25) is 0 Å². The van der Waals surface area contributed by atoms with Crippen molar-refractivity contribution in [1.29, 1.82) is 5.26 Å². The molecule has 0 saturated heterocycles. The number of carbonyl (C=O) groups excluding carboxylic acids is 1. The molecule has 5 heteroatoms. The van der Waals surface area contributed by atoms with E-state index in [1.54, 1.807) is 17.9 Å². The minimum atomic E-state index is -0.176. The second kappa shape index (κ2) is 5.15. The van der Waals surface area contributed by atoms with Crippen LogP contribution in [0.5, 0.6) is 0 Å². The van der Waals surface area contributed by atoms with Crippen LogP contribution in [0.25, 0.3) is 0 Å². The smallest absolute Gasteiger partial charge is 0.254 e. The van der Waals surface area contributed by atoms with Crippen molar-refractivity contribution in [3.05, 3.63) is 18.0 Å². The standard InChI is InChI=1S/C10H14N4O/c1-3-9(4-5-11)13-10(15)8-6-12-14(2)7-8/h6-7,9H,3-4H2,1-2H3,(H,13,15). The van der Waals surface area contributed by atoms with Crippen LogP contribution in [-0.2, 0) is 7.05 Å². The van der Waals surface area contributed by atoms with Gasteiger partial charge in [0, 0.05) is 19.3 Å². The van der Waals surface area contributed by atoms with Crippen LogP contribution in [-0.4, -0.2) is 21.7 Å². The van der Waals surface area contributed by atoms with Crippen LogP contribution in [0.4, 0.5) is 0 Å². The third kappa shape index (κ3) is 3.09. The maximum atomic E-state index is 11.6. The van der Waals surface area contributed by atoms with E-state index >= 15 is 0 Å². The van der Waals surface area contributed by atoms with E-state index in [0.29, 0.717) is 12.0 Å². The number of aromatic nitrogens is 2. The molecule has 1 N–H and O–H groups in total. The number of amides is 1. The van der Waals surface area contributed by atoms with Crippen molar-refractivity contribution in [2.45, 2.75) is 25.8 Å². The van der Waals surface area contributed by atoms with Gasteiger partial charge in [0.05, 0.1) is 24.3 Å². The van der Waals surface area contributed by atoms with Gasteiger partial charge in [-0.1, -0.05) is 6.92 Å². The molecule has 0 radical (unpaired) electrons. The van der Waals surface area contributed by atoms with Crippen LogP contribution in [0.3, 0.4) is 0 Å². The molecule has 0 spiro atoms. The van der Waals surface area contributed by atoms with E-state index in [2.05, 4.69) is 10.4 Å². The molecule has 1 atom stereocenters. The highest BCUT2D eigenvalue weighted by molar-refractivity contribution is 5.93. The number of hydrogen-bond donors (Lipinski definition) is 1. The first-order valence-electron chi connectivity index (χ1n) is 4.83. The number of carbonyl (C=O) groups is 1. The topological polar surface area (TPSA) is 70.7 Å². The highest BCUT2D eigenvalue weighted by atomic mass is 16.1. The fourth-order valence-corrected chi connectivity index (χ4v) is 1.21. The zero-order valence-corrected chi connectivity index (χ0v) is 8.90. The van der Waals surface area contributed by atoms with Gasteiger partial charge in [-0.15, -0.1) is 0 Å². The lowest BCUT2D eigenvalue weighted by molar-refractivity contribution is 0.0936. The molecule has 1 amide bonds. The monoisotopic (exact) mass is 206 g/mol. The normalized spacial score (nSPS) is 11.8. The Labute approximate surface area is 88.7 Å². The Kier molecular flexibility index (Phi) is 3.86. The summed E-state index contributed by atoms with van der Waals surface area (Å²) in [5, 5.41) is 15.2. The van der Waals surface area contributed by atoms with Crippen LogP contribution < -0.4 is 5.32 Å². The molecule has 0 bridgehead atoms. The van der Waals surface area contributed by atoms with Crippen molar-refractivity contribution in [2.75, 3.05) is 0 Å². The van der Waals surface area contributed by atoms with Crippen molar-refractivity contribution in [3.63, 3.8) is 0 Å². The predicted octanol–water partition coefficient (Wildman–Crippen LogP) is 0.842. The number of aryl methyl sites for hydroxylation is 1. The Morgan fingerprint density at radius 1 is 1.80 bits per heavy atom. The van der Waals surface area contributed by atoms with Gasteiger partial charge in [-0.3, -0.25) is 9.48 Å². The molecule has 80 valence electrons. The summed E-state index contributed by atoms with van der Waals surface area (Å²) in [6, 6.07) is 1.96. The number of rotatable bonds is 4. The quantitative estimate of drug-likeness (QED) is 0.793. The van der Waals surface area contributed by atoms with Crippen LogP contribution in [0, 0.1) is 11.3 Å². The Morgan fingerprint density at radius 3 is 3.00 bits per heavy atom. The van der Waals surface area contributed by atoms with Crippen molar-refractivity contribution in [1.82, 2.24) is 15.1 Å². The van der Waals surface area contributed by atoms with E-state index in [9.17, 15) is 4.79 Å². The molecule has 0 aliphatic heterocycles. The highest BCUT2D eigenvalue weighted by Crippen LogP contribution is 2.01. The number of nitriles is 1. The van der Waals surface area contributed by atoms with Gasteiger partial charge >= 0.3 is 0 Å². The number of nitrogens with zero attached hydrogens (tertiary/aromatic N) is 3. The minimum Gasteiger partial charge on any atom is -0.348 e. The van der Waals surface area contributed by atoms with Crippen molar-refractivity contribution in [3.8, 4) is 6.07 Å². The van der Waals surface area contributed by atoms with Gasteiger partial charge < -0.3 is 5.32 Å². The zero-order valence-electron chi connectivity index (χ0n) is 8.90. The number of hydrogen-bond acceptors (Lipinski definition) is 3. The molecule has 0 aromatic carbocycles. The summed E-state index contributed by atoms with van der Waals surface area (Å²) in [6.07, 6.45) is 4.24. The zero-order chi connectivity index (χ0) is 11.3. The molecule has 1 aromatic rings. The molecule has 0 aliphatic rings. The summed E-state index contributed by atoms with van der Waals surface area (Å²) in [6.45, 7) is 1.94. The van der Waals surface area contributed by atoms with Crippen LogP contribution in [0.2, 0.25) is 0 Å². The van der Waals surface area contributed by atoms with Gasteiger partial charge in [-0.25, -0.2) is 0 Å². The van der Waals surface area contributed by atoms with Crippen LogP contribution >= 0.6 is 0 Å². The first-order chi connectivity index (χ1) is 7.17. The number of nitrogens with one attached hydrogen (secondary N) is 1. The summed E-state index contributed by atoms with van der Waals surface area (Å²) in [7, 11) is 1.75. The van der Waals surface area contributed by atoms with E-state index in [1.807, 2.05) is 13.0 Å². The van der Waals surface area contributed by atoms with E-state index in [0.717, 1.165) is 6.42 Å². The summed E-state index contributed by atoms with van der Waals surface area (Å²) in [5.41, 5.74) is 0.522. The van der Waals surface area contributed by atoms with Crippen LogP contribution in [0.15, 0.2) is 12.4 Å². The molecule has 1 rings (SSSR count). The SMILES string of the molecule is CCC(CC#N)NC(=O)c1cnn(C)c1. The molecule has 1 unspecified atom stereocenters. The van der Waals surface area contributed by atoms with Gasteiger partial charge in [0.25, 0.3) is 5.91 Å². The average Bonchev–Trinajstić information content (AvgIpc) is 2.64. The maximum absolute atomic E-state index is 11.6. The Hall–Kier alpha value is -1.83. The molecule has 0 fully saturated rings. The Balaban J connectivity index is 2.59. The summed E-state index contributed by atoms with van der Waals surface area (Å²) in [5.74, 6) is -0.176. The van der Waals surface area contributed by atoms with Crippen molar-refractivity contribution in [2.24, 2.45) is 7.05 Å². The molecular formula is C10H14N4O. The molecular weight excluding hydrogens is 192 g/mol. The molecule has 5 nitrogen and oxygen atoms in total. The average molecular weight is 206 g/mol.